The average molecular weight is 370 g/mol. The topological polar surface area (TPSA) is 75.3 Å². The van der Waals surface area contributed by atoms with Crippen molar-refractivity contribution >= 4 is 40.7 Å². The minimum atomic E-state index is -0.277. The van der Waals surface area contributed by atoms with Gasteiger partial charge in [-0.05, 0) is 43.7 Å². The highest BCUT2D eigenvalue weighted by Crippen LogP contribution is 2.27. The molecule has 0 saturated carbocycles. The minimum Gasteiger partial charge on any atom is -0.326 e. The number of hydrogen-bond donors (Lipinski definition) is 2. The predicted molar refractivity (Wildman–Crippen MR) is 106 cm³/mol. The summed E-state index contributed by atoms with van der Waals surface area (Å²) < 4.78 is 0. The van der Waals surface area contributed by atoms with Crippen molar-refractivity contribution in [2.24, 2.45) is 0 Å². The fraction of sp³-hybridized carbons (Fsp3) is 0.250. The molecule has 2 rings (SSSR count). The molecule has 0 aromatic heterocycles. The molecule has 6 heteroatoms. The van der Waals surface area contributed by atoms with E-state index in [9.17, 15) is 14.4 Å². The normalized spacial score (nSPS) is 10.3. The highest BCUT2D eigenvalue weighted by Gasteiger charge is 2.15. The molecule has 0 aliphatic rings. The first-order valence-corrected chi connectivity index (χ1v) is 9.17. The maximum Gasteiger partial charge on any atom is 0.221 e. The smallest absolute Gasteiger partial charge is 0.221 e. The van der Waals surface area contributed by atoms with Gasteiger partial charge in [0.2, 0.25) is 11.8 Å². The Bertz CT molecular complexity index is 862. The van der Waals surface area contributed by atoms with Gasteiger partial charge in [-0.1, -0.05) is 17.7 Å². The molecule has 2 aromatic rings. The number of carbonyl (C=O) groups is 3. The van der Waals surface area contributed by atoms with Crippen LogP contribution < -0.4 is 10.6 Å². The molecule has 0 aliphatic carbocycles. The molecule has 0 unspecified atom stereocenters. The van der Waals surface area contributed by atoms with Crippen LogP contribution in [-0.4, -0.2) is 23.4 Å². The standard InChI is InChI=1S/C20H22N2O3S/c1-12-5-8-20(13(2)9-12)26-11-19(25)17-7-6-16(21-14(3)23)10-18(17)22-15(4)24/h5-10H,11H2,1-4H3,(H,21,23)(H,22,24). The quantitative estimate of drug-likeness (QED) is 0.590. The van der Waals surface area contributed by atoms with Crippen molar-refractivity contribution in [2.75, 3.05) is 16.4 Å². The Morgan fingerprint density at radius 1 is 0.923 bits per heavy atom. The van der Waals surface area contributed by atoms with Gasteiger partial charge in [-0.25, -0.2) is 0 Å². The van der Waals surface area contributed by atoms with Crippen LogP contribution >= 0.6 is 11.8 Å². The van der Waals surface area contributed by atoms with Crippen LogP contribution in [0.4, 0.5) is 11.4 Å². The third-order valence-electron chi connectivity index (χ3n) is 3.64. The lowest BCUT2D eigenvalue weighted by molar-refractivity contribution is -0.115. The molecule has 136 valence electrons. The Labute approximate surface area is 157 Å². The molecule has 0 aliphatic heterocycles. The molecular formula is C20H22N2O3S. The van der Waals surface area contributed by atoms with Gasteiger partial charge in [0.05, 0.1) is 11.4 Å². The number of amides is 2. The van der Waals surface area contributed by atoms with Crippen LogP contribution in [0.2, 0.25) is 0 Å². The number of thioether (sulfide) groups is 1. The number of ketones is 1. The number of Topliss-reactive ketones (excluding diaryl/α,β-unsaturated/α-hetero) is 1. The second-order valence-electron chi connectivity index (χ2n) is 6.10. The molecule has 0 atom stereocenters. The largest absolute Gasteiger partial charge is 0.326 e. The summed E-state index contributed by atoms with van der Waals surface area (Å²) in [6, 6.07) is 11.0. The minimum absolute atomic E-state index is 0.0897. The van der Waals surface area contributed by atoms with E-state index in [1.54, 1.807) is 18.2 Å². The lowest BCUT2D eigenvalue weighted by Gasteiger charge is -2.12. The van der Waals surface area contributed by atoms with Gasteiger partial charge in [0.1, 0.15) is 0 Å². The lowest BCUT2D eigenvalue weighted by atomic mass is 10.1. The van der Waals surface area contributed by atoms with E-state index in [2.05, 4.69) is 16.7 Å². The van der Waals surface area contributed by atoms with Gasteiger partial charge >= 0.3 is 0 Å². The zero-order chi connectivity index (χ0) is 19.3. The summed E-state index contributed by atoms with van der Waals surface area (Å²) in [5.41, 5.74) is 3.66. The van der Waals surface area contributed by atoms with Crippen molar-refractivity contribution in [3.63, 3.8) is 0 Å². The molecule has 26 heavy (non-hydrogen) atoms. The summed E-state index contributed by atoms with van der Waals surface area (Å²) in [7, 11) is 0. The number of carbonyl (C=O) groups excluding carboxylic acids is 3. The zero-order valence-corrected chi connectivity index (χ0v) is 16.1. The number of anilines is 2. The summed E-state index contributed by atoms with van der Waals surface area (Å²) in [5.74, 6) is -0.326. The summed E-state index contributed by atoms with van der Waals surface area (Å²) in [6.45, 7) is 6.83. The number of rotatable bonds is 6. The van der Waals surface area contributed by atoms with Crippen molar-refractivity contribution in [3.8, 4) is 0 Å². The molecule has 2 aromatic carbocycles. The summed E-state index contributed by atoms with van der Waals surface area (Å²) in [6.07, 6.45) is 0. The monoisotopic (exact) mass is 370 g/mol. The zero-order valence-electron chi connectivity index (χ0n) is 15.3. The van der Waals surface area contributed by atoms with Gasteiger partial charge in [-0.15, -0.1) is 11.8 Å². The van der Waals surface area contributed by atoms with Crippen LogP contribution in [0.15, 0.2) is 41.3 Å². The van der Waals surface area contributed by atoms with E-state index in [1.165, 1.54) is 31.2 Å². The molecule has 2 N–H and O–H groups in total. The first-order chi connectivity index (χ1) is 12.3. The number of benzene rings is 2. The van der Waals surface area contributed by atoms with Crippen molar-refractivity contribution in [2.45, 2.75) is 32.6 Å². The maximum atomic E-state index is 12.7. The van der Waals surface area contributed by atoms with Crippen LogP contribution in [0.3, 0.4) is 0 Å². The number of nitrogens with one attached hydrogen (secondary N) is 2. The Balaban J connectivity index is 2.20. The van der Waals surface area contributed by atoms with Gasteiger partial charge < -0.3 is 10.6 Å². The molecule has 0 saturated heterocycles. The molecule has 0 radical (unpaired) electrons. The van der Waals surface area contributed by atoms with E-state index >= 15 is 0 Å². The van der Waals surface area contributed by atoms with Gasteiger partial charge in [0.25, 0.3) is 0 Å². The fourth-order valence-electron chi connectivity index (χ4n) is 2.54. The van der Waals surface area contributed by atoms with Crippen LogP contribution in [0, 0.1) is 13.8 Å². The third-order valence-corrected chi connectivity index (χ3v) is 4.82. The number of hydrogen-bond acceptors (Lipinski definition) is 4. The summed E-state index contributed by atoms with van der Waals surface area (Å²) in [5, 5.41) is 5.31. The van der Waals surface area contributed by atoms with E-state index in [1.807, 2.05) is 26.0 Å². The Kier molecular flexibility index (Phi) is 6.58. The van der Waals surface area contributed by atoms with Gasteiger partial charge in [0.15, 0.2) is 5.78 Å². The van der Waals surface area contributed by atoms with E-state index in [0.717, 1.165) is 10.5 Å². The Morgan fingerprint density at radius 3 is 2.23 bits per heavy atom. The van der Waals surface area contributed by atoms with Crippen LogP contribution in [0.5, 0.6) is 0 Å². The van der Waals surface area contributed by atoms with Crippen molar-refractivity contribution in [1.82, 2.24) is 0 Å². The van der Waals surface area contributed by atoms with E-state index in [0.29, 0.717) is 16.9 Å². The molecular weight excluding hydrogens is 348 g/mol. The highest BCUT2D eigenvalue weighted by molar-refractivity contribution is 8.00. The predicted octanol–water partition coefficient (Wildman–Crippen LogP) is 4.20. The molecule has 0 spiro atoms. The second kappa shape index (κ2) is 8.67. The number of aryl methyl sites for hydroxylation is 2. The summed E-state index contributed by atoms with van der Waals surface area (Å²) in [4.78, 5) is 36.4. The first kappa shape index (κ1) is 19.7. The molecule has 5 nitrogen and oxygen atoms in total. The van der Waals surface area contributed by atoms with Crippen molar-refractivity contribution < 1.29 is 14.4 Å². The maximum absolute atomic E-state index is 12.7. The molecule has 2 amide bonds. The summed E-state index contributed by atoms with van der Waals surface area (Å²) >= 11 is 1.47. The third kappa shape index (κ3) is 5.46. The fourth-order valence-corrected chi connectivity index (χ4v) is 3.44. The van der Waals surface area contributed by atoms with Crippen molar-refractivity contribution in [1.29, 1.82) is 0 Å². The lowest BCUT2D eigenvalue weighted by Crippen LogP contribution is -2.14. The average Bonchev–Trinajstić information content (AvgIpc) is 2.53. The SMILES string of the molecule is CC(=O)Nc1ccc(C(=O)CSc2ccc(C)cc2C)c(NC(C)=O)c1. The second-order valence-corrected chi connectivity index (χ2v) is 7.12. The first-order valence-electron chi connectivity index (χ1n) is 8.18. The van der Waals surface area contributed by atoms with Crippen molar-refractivity contribution in [3.05, 3.63) is 53.1 Å². The Hall–Kier alpha value is -2.60. The highest BCUT2D eigenvalue weighted by atomic mass is 32.2. The van der Waals surface area contributed by atoms with Crippen LogP contribution in [0.1, 0.15) is 35.3 Å². The van der Waals surface area contributed by atoms with Gasteiger partial charge in [-0.2, -0.15) is 0 Å². The van der Waals surface area contributed by atoms with Gasteiger partial charge in [-0.3, -0.25) is 14.4 Å². The van der Waals surface area contributed by atoms with Crippen LogP contribution in [-0.2, 0) is 9.59 Å². The molecule has 0 bridgehead atoms. The molecule has 0 fully saturated rings. The molecule has 0 heterocycles. The van der Waals surface area contributed by atoms with E-state index in [-0.39, 0.29) is 23.4 Å². The van der Waals surface area contributed by atoms with Gasteiger partial charge in [0, 0.05) is 30.0 Å². The Morgan fingerprint density at radius 2 is 1.62 bits per heavy atom. The van der Waals surface area contributed by atoms with E-state index in [4.69, 9.17) is 0 Å². The van der Waals surface area contributed by atoms with E-state index < -0.39 is 0 Å². The van der Waals surface area contributed by atoms with Crippen LogP contribution in [0.25, 0.3) is 0 Å².